The number of carbonyl (C=O) groups excluding carboxylic acids is 1. The molecule has 2 rings (SSSR count). The number of amides is 1. The Labute approximate surface area is 93.5 Å². The molecule has 0 unspecified atom stereocenters. The number of halogens is 1. The highest BCUT2D eigenvalue weighted by Crippen LogP contribution is 2.28. The van der Waals surface area contributed by atoms with Gasteiger partial charge in [-0.25, -0.2) is 4.39 Å². The monoisotopic (exact) mass is 223 g/mol. The molecular formula is C12H14FNO2. The molecule has 1 fully saturated rings. The Morgan fingerprint density at radius 1 is 1.56 bits per heavy atom. The van der Waals surface area contributed by atoms with Crippen LogP contribution >= 0.6 is 0 Å². The van der Waals surface area contributed by atoms with Gasteiger partial charge in [-0.2, -0.15) is 0 Å². The van der Waals surface area contributed by atoms with E-state index in [0.717, 1.165) is 18.9 Å². The Kier molecular flexibility index (Phi) is 2.81. The Morgan fingerprint density at radius 3 is 2.75 bits per heavy atom. The summed E-state index contributed by atoms with van der Waals surface area (Å²) in [4.78, 5) is 13.7. The van der Waals surface area contributed by atoms with Crippen molar-refractivity contribution >= 4 is 5.91 Å². The third-order valence-corrected chi connectivity index (χ3v) is 2.77. The maximum atomic E-state index is 13.5. The molecule has 0 saturated heterocycles. The minimum Gasteiger partial charge on any atom is -0.508 e. The maximum Gasteiger partial charge on any atom is 0.257 e. The van der Waals surface area contributed by atoms with Crippen LogP contribution in [0.4, 0.5) is 4.39 Å². The molecular weight excluding hydrogens is 209 g/mol. The molecule has 0 aliphatic heterocycles. The minimum atomic E-state index is -0.663. The van der Waals surface area contributed by atoms with Crippen LogP contribution < -0.4 is 0 Å². The third kappa shape index (κ3) is 2.01. The summed E-state index contributed by atoms with van der Waals surface area (Å²) in [6.45, 7) is 2.47. The molecule has 1 aliphatic rings. The number of hydrogen-bond donors (Lipinski definition) is 1. The standard InChI is InChI=1S/C12H14FNO2/c1-2-14(8-3-4-8)12(16)10-6-5-9(15)7-11(10)13/h5-8,15H,2-4H2,1H3. The summed E-state index contributed by atoms with van der Waals surface area (Å²) in [5.41, 5.74) is 0.0338. The van der Waals surface area contributed by atoms with E-state index in [-0.39, 0.29) is 23.3 Å². The normalized spacial score (nSPS) is 14.9. The first-order valence-corrected chi connectivity index (χ1v) is 5.43. The molecule has 1 N–H and O–H groups in total. The number of carbonyl (C=O) groups is 1. The van der Waals surface area contributed by atoms with Gasteiger partial charge in [0.1, 0.15) is 11.6 Å². The molecule has 1 aliphatic carbocycles. The van der Waals surface area contributed by atoms with Crippen LogP contribution in [0.1, 0.15) is 30.1 Å². The van der Waals surface area contributed by atoms with Crippen molar-refractivity contribution in [3.8, 4) is 5.75 Å². The number of benzene rings is 1. The summed E-state index contributed by atoms with van der Waals surface area (Å²) < 4.78 is 13.5. The van der Waals surface area contributed by atoms with Crippen LogP contribution in [0.5, 0.6) is 5.75 Å². The summed E-state index contributed by atoms with van der Waals surface area (Å²) >= 11 is 0. The SMILES string of the molecule is CCN(C(=O)c1ccc(O)cc1F)C1CC1. The smallest absolute Gasteiger partial charge is 0.257 e. The van der Waals surface area contributed by atoms with Gasteiger partial charge in [-0.15, -0.1) is 0 Å². The van der Waals surface area contributed by atoms with Crippen molar-refractivity contribution in [2.45, 2.75) is 25.8 Å². The van der Waals surface area contributed by atoms with Gasteiger partial charge in [-0.1, -0.05) is 0 Å². The third-order valence-electron chi connectivity index (χ3n) is 2.77. The molecule has 0 radical (unpaired) electrons. The molecule has 0 atom stereocenters. The zero-order chi connectivity index (χ0) is 11.7. The molecule has 0 spiro atoms. The van der Waals surface area contributed by atoms with Crippen molar-refractivity contribution in [2.24, 2.45) is 0 Å². The summed E-state index contributed by atoms with van der Waals surface area (Å²) in [6.07, 6.45) is 2.00. The molecule has 1 aromatic carbocycles. The molecule has 1 saturated carbocycles. The topological polar surface area (TPSA) is 40.5 Å². The fourth-order valence-electron chi connectivity index (χ4n) is 1.79. The van der Waals surface area contributed by atoms with Crippen LogP contribution in [0.2, 0.25) is 0 Å². The summed E-state index contributed by atoms with van der Waals surface area (Å²) in [5.74, 6) is -1.12. The summed E-state index contributed by atoms with van der Waals surface area (Å²) in [6, 6.07) is 3.90. The van der Waals surface area contributed by atoms with Gasteiger partial charge in [0.2, 0.25) is 0 Å². The lowest BCUT2D eigenvalue weighted by atomic mass is 10.1. The molecule has 1 aromatic rings. The van der Waals surface area contributed by atoms with Crippen LogP contribution in [0, 0.1) is 5.82 Å². The average Bonchev–Trinajstić information content (AvgIpc) is 3.02. The minimum absolute atomic E-state index is 0.0338. The van der Waals surface area contributed by atoms with Crippen molar-refractivity contribution in [3.63, 3.8) is 0 Å². The van der Waals surface area contributed by atoms with E-state index < -0.39 is 5.82 Å². The molecule has 86 valence electrons. The number of rotatable bonds is 3. The van der Waals surface area contributed by atoms with E-state index in [9.17, 15) is 9.18 Å². The molecule has 0 aromatic heterocycles. The maximum absolute atomic E-state index is 13.5. The number of phenolic OH excluding ortho intramolecular Hbond substituents is 1. The lowest BCUT2D eigenvalue weighted by Crippen LogP contribution is -2.33. The first kappa shape index (κ1) is 10.9. The summed E-state index contributed by atoms with van der Waals surface area (Å²) in [5, 5.41) is 9.07. The number of aromatic hydroxyl groups is 1. The molecule has 16 heavy (non-hydrogen) atoms. The molecule has 0 bridgehead atoms. The fraction of sp³-hybridized carbons (Fsp3) is 0.417. The van der Waals surface area contributed by atoms with Gasteiger partial charge < -0.3 is 10.0 Å². The van der Waals surface area contributed by atoms with Gasteiger partial charge in [0.05, 0.1) is 5.56 Å². The van der Waals surface area contributed by atoms with Crippen molar-refractivity contribution in [2.75, 3.05) is 6.54 Å². The average molecular weight is 223 g/mol. The van der Waals surface area contributed by atoms with E-state index in [0.29, 0.717) is 6.54 Å². The quantitative estimate of drug-likeness (QED) is 0.853. The fourth-order valence-corrected chi connectivity index (χ4v) is 1.79. The van der Waals surface area contributed by atoms with Crippen LogP contribution in [0.15, 0.2) is 18.2 Å². The largest absolute Gasteiger partial charge is 0.508 e. The number of nitrogens with zero attached hydrogens (tertiary/aromatic N) is 1. The van der Waals surface area contributed by atoms with E-state index in [2.05, 4.69) is 0 Å². The zero-order valence-electron chi connectivity index (χ0n) is 9.11. The van der Waals surface area contributed by atoms with Crippen molar-refractivity contribution in [3.05, 3.63) is 29.6 Å². The Bertz CT molecular complexity index is 415. The Hall–Kier alpha value is -1.58. The van der Waals surface area contributed by atoms with Crippen LogP contribution in [0.25, 0.3) is 0 Å². The van der Waals surface area contributed by atoms with Crippen molar-refractivity contribution in [1.29, 1.82) is 0 Å². The highest BCUT2D eigenvalue weighted by atomic mass is 19.1. The Balaban J connectivity index is 2.25. The lowest BCUT2D eigenvalue weighted by molar-refractivity contribution is 0.0748. The van der Waals surface area contributed by atoms with Crippen molar-refractivity contribution < 1.29 is 14.3 Å². The highest BCUT2D eigenvalue weighted by Gasteiger charge is 2.32. The van der Waals surface area contributed by atoms with Gasteiger partial charge >= 0.3 is 0 Å². The van der Waals surface area contributed by atoms with E-state index in [4.69, 9.17) is 5.11 Å². The van der Waals surface area contributed by atoms with E-state index in [1.54, 1.807) is 4.90 Å². The second-order valence-electron chi connectivity index (χ2n) is 3.99. The van der Waals surface area contributed by atoms with Gasteiger partial charge in [-0.3, -0.25) is 4.79 Å². The predicted octanol–water partition coefficient (Wildman–Crippen LogP) is 2.16. The van der Waals surface area contributed by atoms with Crippen LogP contribution in [0.3, 0.4) is 0 Å². The van der Waals surface area contributed by atoms with Gasteiger partial charge in [0.15, 0.2) is 0 Å². The van der Waals surface area contributed by atoms with Crippen LogP contribution in [-0.4, -0.2) is 28.5 Å². The van der Waals surface area contributed by atoms with Gasteiger partial charge in [0.25, 0.3) is 5.91 Å². The number of hydrogen-bond acceptors (Lipinski definition) is 2. The highest BCUT2D eigenvalue weighted by molar-refractivity contribution is 5.95. The molecule has 0 heterocycles. The van der Waals surface area contributed by atoms with Crippen LogP contribution in [-0.2, 0) is 0 Å². The second-order valence-corrected chi connectivity index (χ2v) is 3.99. The first-order valence-electron chi connectivity index (χ1n) is 5.43. The van der Waals surface area contributed by atoms with E-state index in [1.165, 1.54) is 12.1 Å². The zero-order valence-corrected chi connectivity index (χ0v) is 9.11. The summed E-state index contributed by atoms with van der Waals surface area (Å²) in [7, 11) is 0. The first-order chi connectivity index (χ1) is 7.63. The van der Waals surface area contributed by atoms with Gasteiger partial charge in [0, 0.05) is 18.7 Å². The molecule has 3 nitrogen and oxygen atoms in total. The predicted molar refractivity (Wildman–Crippen MR) is 57.8 cm³/mol. The van der Waals surface area contributed by atoms with E-state index in [1.807, 2.05) is 6.92 Å². The molecule has 4 heteroatoms. The number of phenols is 1. The van der Waals surface area contributed by atoms with E-state index >= 15 is 0 Å². The Morgan fingerprint density at radius 2 is 2.25 bits per heavy atom. The lowest BCUT2D eigenvalue weighted by Gasteiger charge is -2.20. The van der Waals surface area contributed by atoms with Crippen molar-refractivity contribution in [1.82, 2.24) is 4.90 Å². The van der Waals surface area contributed by atoms with Gasteiger partial charge in [-0.05, 0) is 31.9 Å². The second kappa shape index (κ2) is 4.12. The molecule has 1 amide bonds.